The lowest BCUT2D eigenvalue weighted by Crippen LogP contribution is -2.13. The number of H-pyrrole nitrogens is 1. The highest BCUT2D eigenvalue weighted by Gasteiger charge is 2.14. The van der Waals surface area contributed by atoms with Crippen LogP contribution in [-0.2, 0) is 7.05 Å². The Bertz CT molecular complexity index is 711. The first kappa shape index (κ1) is 12.6. The molecule has 0 aliphatic heterocycles. The average molecular weight is 267 g/mol. The zero-order valence-electron chi connectivity index (χ0n) is 11.5. The lowest BCUT2D eigenvalue weighted by molar-refractivity contribution is 0.756. The molecule has 3 aromatic rings. The van der Waals surface area contributed by atoms with E-state index in [0.717, 1.165) is 28.3 Å². The molecule has 3 N–H and O–H groups in total. The highest BCUT2D eigenvalue weighted by atomic mass is 15.2. The van der Waals surface area contributed by atoms with Gasteiger partial charge in [-0.2, -0.15) is 5.10 Å². The van der Waals surface area contributed by atoms with Gasteiger partial charge < -0.3 is 10.7 Å². The fourth-order valence-corrected chi connectivity index (χ4v) is 2.31. The van der Waals surface area contributed by atoms with Gasteiger partial charge in [-0.15, -0.1) is 0 Å². The second-order valence-electron chi connectivity index (χ2n) is 4.87. The molecular formula is C15H17N5. The average Bonchev–Trinajstić information content (AvgIpc) is 3.05. The standard InChI is InChI=1S/C15H17N5/c1-10-12(9-20(2)19-10)13-8-17-15(18-13)14(16)11-6-4-3-5-7-11/h3-9,14H,16H2,1-2H3,(H,17,18). The molecule has 0 amide bonds. The summed E-state index contributed by atoms with van der Waals surface area (Å²) in [5.74, 6) is 0.759. The van der Waals surface area contributed by atoms with Gasteiger partial charge in [0.05, 0.1) is 23.6 Å². The molecule has 0 aliphatic carbocycles. The number of nitrogens with zero attached hydrogens (tertiary/aromatic N) is 3. The maximum Gasteiger partial charge on any atom is 0.128 e. The maximum atomic E-state index is 6.24. The molecule has 1 unspecified atom stereocenters. The molecule has 1 atom stereocenters. The number of imidazole rings is 1. The molecule has 20 heavy (non-hydrogen) atoms. The van der Waals surface area contributed by atoms with Crippen molar-refractivity contribution in [2.24, 2.45) is 12.8 Å². The van der Waals surface area contributed by atoms with Gasteiger partial charge in [-0.25, -0.2) is 4.98 Å². The summed E-state index contributed by atoms with van der Waals surface area (Å²) in [4.78, 5) is 7.69. The number of rotatable bonds is 3. The number of hydrogen-bond acceptors (Lipinski definition) is 3. The van der Waals surface area contributed by atoms with Crippen LogP contribution in [-0.4, -0.2) is 19.7 Å². The number of nitrogens with two attached hydrogens (primary N) is 1. The van der Waals surface area contributed by atoms with Crippen molar-refractivity contribution in [3.63, 3.8) is 0 Å². The summed E-state index contributed by atoms with van der Waals surface area (Å²) < 4.78 is 1.79. The fraction of sp³-hybridized carbons (Fsp3) is 0.200. The van der Waals surface area contributed by atoms with Gasteiger partial charge in [-0.3, -0.25) is 4.68 Å². The van der Waals surface area contributed by atoms with Crippen molar-refractivity contribution in [2.45, 2.75) is 13.0 Å². The molecule has 2 aromatic heterocycles. The van der Waals surface area contributed by atoms with E-state index < -0.39 is 0 Å². The molecule has 0 aliphatic rings. The van der Waals surface area contributed by atoms with Gasteiger partial charge >= 0.3 is 0 Å². The van der Waals surface area contributed by atoms with Crippen LogP contribution in [0, 0.1) is 6.92 Å². The van der Waals surface area contributed by atoms with Crippen LogP contribution >= 0.6 is 0 Å². The predicted octanol–water partition coefficient (Wildman–Crippen LogP) is 2.17. The van der Waals surface area contributed by atoms with Gasteiger partial charge in [-0.1, -0.05) is 30.3 Å². The SMILES string of the molecule is Cc1nn(C)cc1-c1cnc(C(N)c2ccccc2)[nH]1. The van der Waals surface area contributed by atoms with Gasteiger partial charge in [0.25, 0.3) is 0 Å². The Morgan fingerprint density at radius 1 is 1.25 bits per heavy atom. The van der Waals surface area contributed by atoms with Gasteiger partial charge in [-0.05, 0) is 12.5 Å². The molecule has 0 radical (unpaired) electrons. The van der Waals surface area contributed by atoms with E-state index in [-0.39, 0.29) is 6.04 Å². The first-order valence-electron chi connectivity index (χ1n) is 6.51. The predicted molar refractivity (Wildman–Crippen MR) is 78.0 cm³/mol. The molecule has 102 valence electrons. The quantitative estimate of drug-likeness (QED) is 0.764. The second-order valence-corrected chi connectivity index (χ2v) is 4.87. The Labute approximate surface area is 117 Å². The molecule has 0 saturated heterocycles. The molecule has 0 spiro atoms. The Morgan fingerprint density at radius 3 is 2.65 bits per heavy atom. The summed E-state index contributed by atoms with van der Waals surface area (Å²) in [6, 6.07) is 9.68. The number of aromatic nitrogens is 4. The molecule has 2 heterocycles. The van der Waals surface area contributed by atoms with Crippen molar-refractivity contribution in [1.29, 1.82) is 0 Å². The molecular weight excluding hydrogens is 250 g/mol. The Morgan fingerprint density at radius 2 is 2.00 bits per heavy atom. The summed E-state index contributed by atoms with van der Waals surface area (Å²) in [7, 11) is 1.91. The molecule has 0 fully saturated rings. The summed E-state index contributed by atoms with van der Waals surface area (Å²) in [5, 5.41) is 4.34. The monoisotopic (exact) mass is 267 g/mol. The third kappa shape index (κ3) is 2.23. The third-order valence-corrected chi connectivity index (χ3v) is 3.35. The fourth-order valence-electron chi connectivity index (χ4n) is 2.31. The molecule has 1 aromatic carbocycles. The minimum absolute atomic E-state index is 0.248. The van der Waals surface area contributed by atoms with E-state index in [9.17, 15) is 0 Å². The number of aryl methyl sites for hydroxylation is 2. The maximum absolute atomic E-state index is 6.24. The third-order valence-electron chi connectivity index (χ3n) is 3.35. The van der Waals surface area contributed by atoms with E-state index in [0.29, 0.717) is 0 Å². The largest absolute Gasteiger partial charge is 0.340 e. The van der Waals surface area contributed by atoms with E-state index in [4.69, 9.17) is 5.73 Å². The van der Waals surface area contributed by atoms with Crippen LogP contribution in [0.1, 0.15) is 23.1 Å². The van der Waals surface area contributed by atoms with Crippen LogP contribution in [0.3, 0.4) is 0 Å². The summed E-state index contributed by atoms with van der Waals surface area (Å²) in [6.45, 7) is 1.98. The van der Waals surface area contributed by atoms with Crippen LogP contribution in [0.4, 0.5) is 0 Å². The normalized spacial score (nSPS) is 12.6. The first-order valence-corrected chi connectivity index (χ1v) is 6.51. The number of aromatic amines is 1. The molecule has 5 nitrogen and oxygen atoms in total. The minimum atomic E-state index is -0.248. The number of hydrogen-bond donors (Lipinski definition) is 2. The zero-order chi connectivity index (χ0) is 14.1. The van der Waals surface area contributed by atoms with Crippen LogP contribution in [0.2, 0.25) is 0 Å². The molecule has 0 bridgehead atoms. The van der Waals surface area contributed by atoms with Crippen LogP contribution in [0.5, 0.6) is 0 Å². The number of nitrogens with one attached hydrogen (secondary N) is 1. The van der Waals surface area contributed by atoms with E-state index in [1.807, 2.05) is 56.7 Å². The summed E-state index contributed by atoms with van der Waals surface area (Å²) in [6.07, 6.45) is 3.78. The van der Waals surface area contributed by atoms with Crippen molar-refractivity contribution in [3.05, 3.63) is 59.8 Å². The van der Waals surface area contributed by atoms with Crippen LogP contribution in [0.25, 0.3) is 11.3 Å². The highest BCUT2D eigenvalue weighted by molar-refractivity contribution is 5.60. The van der Waals surface area contributed by atoms with Gasteiger partial charge in [0.1, 0.15) is 5.82 Å². The highest BCUT2D eigenvalue weighted by Crippen LogP contribution is 2.23. The van der Waals surface area contributed by atoms with E-state index in [2.05, 4.69) is 15.1 Å². The Kier molecular flexibility index (Phi) is 3.12. The Balaban J connectivity index is 1.93. The molecule has 3 rings (SSSR count). The van der Waals surface area contributed by atoms with Crippen LogP contribution < -0.4 is 5.73 Å². The van der Waals surface area contributed by atoms with Crippen molar-refractivity contribution in [1.82, 2.24) is 19.7 Å². The molecule has 0 saturated carbocycles. The molecule has 5 heteroatoms. The summed E-state index contributed by atoms with van der Waals surface area (Å²) >= 11 is 0. The number of benzene rings is 1. The lowest BCUT2D eigenvalue weighted by atomic mass is 10.1. The topological polar surface area (TPSA) is 72.5 Å². The van der Waals surface area contributed by atoms with Crippen molar-refractivity contribution >= 4 is 0 Å². The van der Waals surface area contributed by atoms with Crippen molar-refractivity contribution < 1.29 is 0 Å². The van der Waals surface area contributed by atoms with Crippen molar-refractivity contribution in [3.8, 4) is 11.3 Å². The zero-order valence-corrected chi connectivity index (χ0v) is 11.5. The minimum Gasteiger partial charge on any atom is -0.340 e. The van der Waals surface area contributed by atoms with Gasteiger partial charge in [0, 0.05) is 18.8 Å². The van der Waals surface area contributed by atoms with Gasteiger partial charge in [0.2, 0.25) is 0 Å². The smallest absolute Gasteiger partial charge is 0.128 e. The van der Waals surface area contributed by atoms with E-state index >= 15 is 0 Å². The van der Waals surface area contributed by atoms with Crippen LogP contribution in [0.15, 0.2) is 42.7 Å². The summed E-state index contributed by atoms with van der Waals surface area (Å²) in [5.41, 5.74) is 10.2. The second kappa shape index (κ2) is 4.94. The first-order chi connectivity index (χ1) is 9.65. The van der Waals surface area contributed by atoms with Crippen molar-refractivity contribution in [2.75, 3.05) is 0 Å². The van der Waals surface area contributed by atoms with Gasteiger partial charge in [0.15, 0.2) is 0 Å². The van der Waals surface area contributed by atoms with E-state index in [1.165, 1.54) is 0 Å². The lowest BCUT2D eigenvalue weighted by Gasteiger charge is -2.08. The van der Waals surface area contributed by atoms with E-state index in [1.54, 1.807) is 4.68 Å². The Hall–Kier alpha value is -2.40.